The van der Waals surface area contributed by atoms with E-state index in [0.717, 1.165) is 4.88 Å². The monoisotopic (exact) mass is 282 g/mol. The Labute approximate surface area is 118 Å². The number of H-pyrrole nitrogens is 1. The first kappa shape index (κ1) is 12.5. The predicted octanol–water partition coefficient (Wildman–Crippen LogP) is 2.73. The number of ketones is 1. The fourth-order valence-corrected chi connectivity index (χ4v) is 2.54. The molecule has 0 aliphatic carbocycles. The molecule has 0 atom stereocenters. The number of nitrogens with zero attached hydrogens (tertiary/aromatic N) is 1. The van der Waals surface area contributed by atoms with Gasteiger partial charge in [0, 0.05) is 11.6 Å². The zero-order valence-electron chi connectivity index (χ0n) is 10.4. The van der Waals surface area contributed by atoms with Gasteiger partial charge in [-0.2, -0.15) is 5.10 Å². The van der Waals surface area contributed by atoms with Crippen LogP contribution >= 0.6 is 11.3 Å². The van der Waals surface area contributed by atoms with Crippen LogP contribution in [0, 0.1) is 0 Å². The van der Waals surface area contributed by atoms with Gasteiger partial charge < -0.3 is 0 Å². The molecule has 0 amide bonds. The summed E-state index contributed by atoms with van der Waals surface area (Å²) >= 11 is 1.50. The van der Waals surface area contributed by atoms with Gasteiger partial charge in [-0.05, 0) is 11.4 Å². The van der Waals surface area contributed by atoms with Gasteiger partial charge in [0.05, 0.1) is 10.6 Å². The van der Waals surface area contributed by atoms with E-state index < -0.39 is 0 Å². The van der Waals surface area contributed by atoms with Crippen LogP contribution in [-0.4, -0.2) is 16.0 Å². The molecule has 2 aromatic heterocycles. The smallest absolute Gasteiger partial charge is 0.217 e. The third kappa shape index (κ3) is 2.31. The van der Waals surface area contributed by atoms with Crippen molar-refractivity contribution in [3.05, 3.63) is 75.4 Å². The summed E-state index contributed by atoms with van der Waals surface area (Å²) in [5.74, 6) is -0.371. The summed E-state index contributed by atoms with van der Waals surface area (Å²) in [7, 11) is 0. The third-order valence-corrected chi connectivity index (χ3v) is 3.74. The van der Waals surface area contributed by atoms with E-state index in [-0.39, 0.29) is 16.9 Å². The summed E-state index contributed by atoms with van der Waals surface area (Å²) < 4.78 is 0. The normalized spacial score (nSPS) is 10.4. The average Bonchev–Trinajstić information content (AvgIpc) is 3.01. The van der Waals surface area contributed by atoms with Gasteiger partial charge >= 0.3 is 0 Å². The molecular formula is C15H10N2O2S. The fourth-order valence-electron chi connectivity index (χ4n) is 1.85. The molecule has 0 saturated carbocycles. The van der Waals surface area contributed by atoms with Crippen molar-refractivity contribution in [2.75, 3.05) is 0 Å². The van der Waals surface area contributed by atoms with Crippen LogP contribution in [0.5, 0.6) is 0 Å². The molecule has 0 fully saturated rings. The average molecular weight is 282 g/mol. The number of thiophene rings is 1. The van der Waals surface area contributed by atoms with Crippen LogP contribution in [0.3, 0.4) is 0 Å². The highest BCUT2D eigenvalue weighted by Gasteiger charge is 2.15. The molecule has 98 valence electrons. The van der Waals surface area contributed by atoms with Crippen LogP contribution < -0.4 is 5.43 Å². The lowest BCUT2D eigenvalue weighted by Crippen LogP contribution is -2.19. The molecule has 0 aliphatic rings. The maximum atomic E-state index is 12.2. The Hall–Kier alpha value is -2.53. The van der Waals surface area contributed by atoms with E-state index in [2.05, 4.69) is 10.2 Å². The Bertz CT molecular complexity index is 792. The second-order valence-corrected chi connectivity index (χ2v) is 5.11. The minimum atomic E-state index is -0.374. The summed E-state index contributed by atoms with van der Waals surface area (Å²) in [6.45, 7) is 0. The zero-order chi connectivity index (χ0) is 13.9. The summed E-state index contributed by atoms with van der Waals surface area (Å²) in [6.07, 6.45) is 0. The lowest BCUT2D eigenvalue weighted by molar-refractivity contribution is 0.103. The SMILES string of the molecule is O=C(c1ccccc1)c1n[nH]c(-c2cccs2)cc1=O. The quantitative estimate of drug-likeness (QED) is 0.751. The Morgan fingerprint density at radius 3 is 2.55 bits per heavy atom. The molecule has 1 aromatic carbocycles. The lowest BCUT2D eigenvalue weighted by Gasteiger charge is -2.01. The van der Waals surface area contributed by atoms with Gasteiger partial charge in [-0.15, -0.1) is 11.3 Å². The van der Waals surface area contributed by atoms with Crippen molar-refractivity contribution in [1.29, 1.82) is 0 Å². The molecule has 1 N–H and O–H groups in total. The van der Waals surface area contributed by atoms with Gasteiger partial charge in [0.25, 0.3) is 0 Å². The molecule has 0 unspecified atom stereocenters. The first-order chi connectivity index (χ1) is 9.75. The van der Waals surface area contributed by atoms with Gasteiger partial charge in [-0.25, -0.2) is 0 Å². The van der Waals surface area contributed by atoms with Crippen molar-refractivity contribution in [2.45, 2.75) is 0 Å². The highest BCUT2D eigenvalue weighted by molar-refractivity contribution is 7.13. The van der Waals surface area contributed by atoms with Crippen molar-refractivity contribution >= 4 is 17.1 Å². The summed E-state index contributed by atoms with van der Waals surface area (Å²) in [5.41, 5.74) is 0.612. The number of nitrogens with one attached hydrogen (secondary N) is 1. The number of aromatic amines is 1. The number of carbonyl (C=O) groups excluding carboxylic acids is 1. The van der Waals surface area contributed by atoms with Gasteiger partial charge in [0.1, 0.15) is 0 Å². The van der Waals surface area contributed by atoms with Crippen LogP contribution in [0.4, 0.5) is 0 Å². The topological polar surface area (TPSA) is 62.8 Å². The molecule has 20 heavy (non-hydrogen) atoms. The van der Waals surface area contributed by atoms with Gasteiger partial charge in [0.2, 0.25) is 11.2 Å². The molecule has 0 aliphatic heterocycles. The molecule has 3 aromatic rings. The minimum Gasteiger partial charge on any atom is -0.287 e. The first-order valence-electron chi connectivity index (χ1n) is 5.99. The second-order valence-electron chi connectivity index (χ2n) is 4.17. The van der Waals surface area contributed by atoms with Crippen molar-refractivity contribution < 1.29 is 4.79 Å². The maximum Gasteiger partial charge on any atom is 0.217 e. The van der Waals surface area contributed by atoms with E-state index in [9.17, 15) is 9.59 Å². The van der Waals surface area contributed by atoms with Gasteiger partial charge in [-0.3, -0.25) is 14.7 Å². The molecule has 3 rings (SSSR count). The Morgan fingerprint density at radius 2 is 1.90 bits per heavy atom. The van der Waals surface area contributed by atoms with Crippen molar-refractivity contribution in [2.24, 2.45) is 0 Å². The third-order valence-electron chi connectivity index (χ3n) is 2.83. The first-order valence-corrected chi connectivity index (χ1v) is 6.87. The lowest BCUT2D eigenvalue weighted by atomic mass is 10.1. The molecule has 0 saturated heterocycles. The maximum absolute atomic E-state index is 12.2. The van der Waals surface area contributed by atoms with Gasteiger partial charge in [-0.1, -0.05) is 36.4 Å². The number of rotatable bonds is 3. The summed E-state index contributed by atoms with van der Waals surface area (Å²) in [5, 5.41) is 8.61. The number of benzene rings is 1. The van der Waals surface area contributed by atoms with Crippen LogP contribution in [0.1, 0.15) is 16.1 Å². The highest BCUT2D eigenvalue weighted by atomic mass is 32.1. The van der Waals surface area contributed by atoms with E-state index in [4.69, 9.17) is 0 Å². The Balaban J connectivity index is 2.00. The van der Waals surface area contributed by atoms with E-state index >= 15 is 0 Å². The highest BCUT2D eigenvalue weighted by Crippen LogP contribution is 2.20. The molecule has 0 spiro atoms. The van der Waals surface area contributed by atoms with E-state index in [1.54, 1.807) is 24.3 Å². The van der Waals surface area contributed by atoms with Crippen LogP contribution in [0.25, 0.3) is 10.6 Å². The minimum absolute atomic E-state index is 0.0866. The molecule has 0 radical (unpaired) electrons. The predicted molar refractivity (Wildman–Crippen MR) is 78.0 cm³/mol. The Morgan fingerprint density at radius 1 is 1.10 bits per heavy atom. The molecular weight excluding hydrogens is 272 g/mol. The molecule has 4 nitrogen and oxygen atoms in total. The summed E-state index contributed by atoms with van der Waals surface area (Å²) in [4.78, 5) is 25.1. The number of hydrogen-bond donors (Lipinski definition) is 1. The Kier molecular flexibility index (Phi) is 3.26. The van der Waals surface area contributed by atoms with E-state index in [1.165, 1.54) is 17.4 Å². The van der Waals surface area contributed by atoms with Crippen LogP contribution in [0.2, 0.25) is 0 Å². The van der Waals surface area contributed by atoms with Crippen molar-refractivity contribution in [3.63, 3.8) is 0 Å². The molecule has 2 heterocycles. The number of aromatic nitrogens is 2. The largest absolute Gasteiger partial charge is 0.287 e. The molecule has 0 bridgehead atoms. The number of hydrogen-bond acceptors (Lipinski definition) is 4. The van der Waals surface area contributed by atoms with Crippen LogP contribution in [-0.2, 0) is 0 Å². The van der Waals surface area contributed by atoms with E-state index in [0.29, 0.717) is 11.3 Å². The van der Waals surface area contributed by atoms with Crippen LogP contribution in [0.15, 0.2) is 58.7 Å². The van der Waals surface area contributed by atoms with Crippen molar-refractivity contribution in [3.8, 4) is 10.6 Å². The summed E-state index contributed by atoms with van der Waals surface area (Å²) in [6, 6.07) is 13.8. The van der Waals surface area contributed by atoms with E-state index in [1.807, 2.05) is 23.6 Å². The van der Waals surface area contributed by atoms with Gasteiger partial charge in [0.15, 0.2) is 5.69 Å². The fraction of sp³-hybridized carbons (Fsp3) is 0. The molecule has 5 heteroatoms. The number of carbonyl (C=O) groups is 1. The van der Waals surface area contributed by atoms with Crippen molar-refractivity contribution in [1.82, 2.24) is 10.2 Å². The standard InChI is InChI=1S/C15H10N2O2S/c18-12-9-11(13-7-4-8-20-13)16-17-14(12)15(19)10-5-2-1-3-6-10/h1-9H,(H,16,18). The zero-order valence-corrected chi connectivity index (χ0v) is 11.2. The second kappa shape index (κ2) is 5.22.